The molecule has 19 heavy (non-hydrogen) atoms. The summed E-state index contributed by atoms with van der Waals surface area (Å²) in [5, 5.41) is 7.47. The smallest absolute Gasteiger partial charge is 0.127 e. The van der Waals surface area contributed by atoms with E-state index in [0.29, 0.717) is 12.1 Å². The Hall–Kier alpha value is -1.68. The monoisotopic (exact) mass is 261 g/mol. The van der Waals surface area contributed by atoms with E-state index in [4.69, 9.17) is 0 Å². The summed E-state index contributed by atoms with van der Waals surface area (Å²) in [5.74, 6) is -0.157. The molecule has 1 heterocycles. The largest absolute Gasteiger partial charge is 0.313 e. The standard InChI is InChI=1S/C15H20FN3/c1-3-7-17-9-13-8-12(5-6-15(13)16)14-10-18-19(4-2)11-14/h5-6,8,10-11,17H,3-4,7,9H2,1-2H3. The zero-order valence-electron chi connectivity index (χ0n) is 11.5. The van der Waals surface area contributed by atoms with Crippen molar-refractivity contribution < 1.29 is 4.39 Å². The highest BCUT2D eigenvalue weighted by molar-refractivity contribution is 5.62. The van der Waals surface area contributed by atoms with Gasteiger partial charge in [0.25, 0.3) is 0 Å². The molecule has 0 unspecified atom stereocenters. The topological polar surface area (TPSA) is 29.9 Å². The molecule has 0 fully saturated rings. The molecule has 102 valence electrons. The Labute approximate surface area is 113 Å². The number of benzene rings is 1. The number of nitrogens with zero attached hydrogens (tertiary/aromatic N) is 2. The molecule has 0 saturated carbocycles. The third-order valence-corrected chi connectivity index (χ3v) is 3.08. The third kappa shape index (κ3) is 3.41. The van der Waals surface area contributed by atoms with E-state index in [0.717, 1.165) is 30.6 Å². The molecule has 1 aromatic heterocycles. The van der Waals surface area contributed by atoms with E-state index in [9.17, 15) is 4.39 Å². The van der Waals surface area contributed by atoms with Crippen LogP contribution in [0.1, 0.15) is 25.8 Å². The molecule has 4 heteroatoms. The van der Waals surface area contributed by atoms with Gasteiger partial charge in [-0.1, -0.05) is 13.0 Å². The highest BCUT2D eigenvalue weighted by Crippen LogP contribution is 2.21. The molecule has 0 aliphatic heterocycles. The van der Waals surface area contributed by atoms with Crippen molar-refractivity contribution in [3.63, 3.8) is 0 Å². The van der Waals surface area contributed by atoms with Crippen molar-refractivity contribution in [3.05, 3.63) is 42.0 Å². The number of aromatic nitrogens is 2. The lowest BCUT2D eigenvalue weighted by Crippen LogP contribution is -2.14. The molecule has 2 aromatic rings. The second-order valence-electron chi connectivity index (χ2n) is 4.57. The van der Waals surface area contributed by atoms with Crippen LogP contribution < -0.4 is 5.32 Å². The quantitative estimate of drug-likeness (QED) is 0.809. The average Bonchev–Trinajstić information content (AvgIpc) is 2.90. The van der Waals surface area contributed by atoms with Crippen LogP contribution in [0.4, 0.5) is 4.39 Å². The van der Waals surface area contributed by atoms with Crippen LogP contribution in [0.25, 0.3) is 11.1 Å². The Kier molecular flexibility index (Phi) is 4.68. The number of aryl methyl sites for hydroxylation is 1. The first-order chi connectivity index (χ1) is 9.24. The van der Waals surface area contributed by atoms with Crippen molar-refractivity contribution >= 4 is 0 Å². The zero-order valence-corrected chi connectivity index (χ0v) is 11.5. The normalized spacial score (nSPS) is 10.9. The highest BCUT2D eigenvalue weighted by Gasteiger charge is 2.06. The summed E-state index contributed by atoms with van der Waals surface area (Å²) in [7, 11) is 0. The van der Waals surface area contributed by atoms with Gasteiger partial charge in [0.1, 0.15) is 5.82 Å². The Morgan fingerprint density at radius 2 is 2.11 bits per heavy atom. The van der Waals surface area contributed by atoms with Crippen LogP contribution in [0.5, 0.6) is 0 Å². The van der Waals surface area contributed by atoms with E-state index in [2.05, 4.69) is 17.3 Å². The summed E-state index contributed by atoms with van der Waals surface area (Å²) in [6.07, 6.45) is 4.85. The molecule has 0 saturated heterocycles. The zero-order chi connectivity index (χ0) is 13.7. The Morgan fingerprint density at radius 1 is 1.26 bits per heavy atom. The van der Waals surface area contributed by atoms with Crippen molar-refractivity contribution in [1.82, 2.24) is 15.1 Å². The SMILES string of the molecule is CCCNCc1cc(-c2cnn(CC)c2)ccc1F. The summed E-state index contributed by atoms with van der Waals surface area (Å²) in [4.78, 5) is 0. The maximum Gasteiger partial charge on any atom is 0.127 e. The maximum atomic E-state index is 13.7. The lowest BCUT2D eigenvalue weighted by molar-refractivity contribution is 0.587. The number of nitrogens with one attached hydrogen (secondary N) is 1. The summed E-state index contributed by atoms with van der Waals surface area (Å²) >= 11 is 0. The number of rotatable bonds is 6. The fourth-order valence-electron chi connectivity index (χ4n) is 1.98. The van der Waals surface area contributed by atoms with Gasteiger partial charge in [-0.05, 0) is 37.6 Å². The van der Waals surface area contributed by atoms with Crippen LogP contribution in [0.3, 0.4) is 0 Å². The predicted molar refractivity (Wildman–Crippen MR) is 75.3 cm³/mol. The average molecular weight is 261 g/mol. The Morgan fingerprint density at radius 3 is 2.79 bits per heavy atom. The van der Waals surface area contributed by atoms with Gasteiger partial charge in [-0.3, -0.25) is 4.68 Å². The second kappa shape index (κ2) is 6.48. The molecular weight excluding hydrogens is 241 g/mol. The third-order valence-electron chi connectivity index (χ3n) is 3.08. The second-order valence-corrected chi connectivity index (χ2v) is 4.57. The van der Waals surface area contributed by atoms with Crippen molar-refractivity contribution in [2.75, 3.05) is 6.54 Å². The van der Waals surface area contributed by atoms with Crippen LogP contribution in [-0.2, 0) is 13.1 Å². The number of hydrogen-bond donors (Lipinski definition) is 1. The lowest BCUT2D eigenvalue weighted by Gasteiger charge is -2.07. The minimum absolute atomic E-state index is 0.157. The molecule has 0 aliphatic rings. The molecule has 0 atom stereocenters. The minimum Gasteiger partial charge on any atom is -0.313 e. The van der Waals surface area contributed by atoms with E-state index in [1.165, 1.54) is 6.07 Å². The molecule has 0 spiro atoms. The Balaban J connectivity index is 2.19. The van der Waals surface area contributed by atoms with Crippen molar-refractivity contribution in [2.24, 2.45) is 0 Å². The van der Waals surface area contributed by atoms with Crippen LogP contribution in [-0.4, -0.2) is 16.3 Å². The van der Waals surface area contributed by atoms with Crippen LogP contribution >= 0.6 is 0 Å². The fraction of sp³-hybridized carbons (Fsp3) is 0.400. The molecule has 3 nitrogen and oxygen atoms in total. The number of halogens is 1. The molecule has 0 aliphatic carbocycles. The molecular formula is C15H20FN3. The van der Waals surface area contributed by atoms with Crippen molar-refractivity contribution in [3.8, 4) is 11.1 Å². The van der Waals surface area contributed by atoms with Crippen LogP contribution in [0.15, 0.2) is 30.6 Å². The highest BCUT2D eigenvalue weighted by atomic mass is 19.1. The molecule has 0 bridgehead atoms. The summed E-state index contributed by atoms with van der Waals surface area (Å²) in [6, 6.07) is 5.23. The predicted octanol–water partition coefficient (Wildman–Crippen LogP) is 3.21. The van der Waals surface area contributed by atoms with Gasteiger partial charge in [0.15, 0.2) is 0 Å². The van der Waals surface area contributed by atoms with Crippen molar-refractivity contribution in [2.45, 2.75) is 33.4 Å². The summed E-state index contributed by atoms with van der Waals surface area (Å²) < 4.78 is 15.6. The van der Waals surface area contributed by atoms with Crippen molar-refractivity contribution in [1.29, 1.82) is 0 Å². The van der Waals surface area contributed by atoms with Crippen LogP contribution in [0.2, 0.25) is 0 Å². The first kappa shape index (κ1) is 13.7. The van der Waals surface area contributed by atoms with Crippen LogP contribution in [0, 0.1) is 5.82 Å². The minimum atomic E-state index is -0.157. The summed E-state index contributed by atoms with van der Waals surface area (Å²) in [5.41, 5.74) is 2.74. The molecule has 1 aromatic carbocycles. The van der Waals surface area contributed by atoms with E-state index in [-0.39, 0.29) is 5.82 Å². The van der Waals surface area contributed by atoms with E-state index in [1.807, 2.05) is 30.1 Å². The first-order valence-corrected chi connectivity index (χ1v) is 6.76. The van der Waals surface area contributed by atoms with E-state index in [1.54, 1.807) is 6.07 Å². The first-order valence-electron chi connectivity index (χ1n) is 6.76. The van der Waals surface area contributed by atoms with Gasteiger partial charge in [0.2, 0.25) is 0 Å². The van der Waals surface area contributed by atoms with Gasteiger partial charge < -0.3 is 5.32 Å². The molecule has 1 N–H and O–H groups in total. The summed E-state index contributed by atoms with van der Waals surface area (Å²) in [6.45, 7) is 6.44. The fourth-order valence-corrected chi connectivity index (χ4v) is 1.98. The van der Waals surface area contributed by atoms with Gasteiger partial charge in [-0.25, -0.2) is 4.39 Å². The van der Waals surface area contributed by atoms with E-state index < -0.39 is 0 Å². The van der Waals surface area contributed by atoms with Gasteiger partial charge in [-0.2, -0.15) is 5.10 Å². The van der Waals surface area contributed by atoms with Gasteiger partial charge in [0.05, 0.1) is 6.20 Å². The lowest BCUT2D eigenvalue weighted by atomic mass is 10.1. The Bertz CT molecular complexity index is 534. The molecule has 0 radical (unpaired) electrons. The van der Waals surface area contributed by atoms with Gasteiger partial charge in [-0.15, -0.1) is 0 Å². The van der Waals surface area contributed by atoms with E-state index >= 15 is 0 Å². The maximum absolute atomic E-state index is 13.7. The molecule has 2 rings (SSSR count). The van der Waals surface area contributed by atoms with Gasteiger partial charge >= 0.3 is 0 Å². The number of hydrogen-bond acceptors (Lipinski definition) is 2. The van der Waals surface area contributed by atoms with Gasteiger partial charge in [0, 0.05) is 30.4 Å². The molecule has 0 amide bonds.